The first-order chi connectivity index (χ1) is 10.3. The molecule has 0 aliphatic carbocycles. The van der Waals surface area contributed by atoms with Gasteiger partial charge in [-0.25, -0.2) is 4.98 Å². The van der Waals surface area contributed by atoms with Gasteiger partial charge in [0.15, 0.2) is 0 Å². The molecule has 0 saturated carbocycles. The summed E-state index contributed by atoms with van der Waals surface area (Å²) < 4.78 is 0. The summed E-state index contributed by atoms with van der Waals surface area (Å²) in [6, 6.07) is 7.86. The second kappa shape index (κ2) is 6.35. The van der Waals surface area contributed by atoms with Crippen LogP contribution in [0.15, 0.2) is 30.5 Å². The fraction of sp³-hybridized carbons (Fsp3) is 0.375. The van der Waals surface area contributed by atoms with Crippen LogP contribution >= 0.6 is 11.8 Å². The Morgan fingerprint density at radius 3 is 2.90 bits per heavy atom. The summed E-state index contributed by atoms with van der Waals surface area (Å²) in [6.45, 7) is 0.742. The van der Waals surface area contributed by atoms with Gasteiger partial charge in [0.2, 0.25) is 0 Å². The molecule has 5 heteroatoms. The summed E-state index contributed by atoms with van der Waals surface area (Å²) in [5, 5.41) is 8.59. The van der Waals surface area contributed by atoms with Crippen LogP contribution in [0.5, 0.6) is 0 Å². The third kappa shape index (κ3) is 2.97. The van der Waals surface area contributed by atoms with E-state index in [-0.39, 0.29) is 5.91 Å². The van der Waals surface area contributed by atoms with Crippen molar-refractivity contribution >= 4 is 34.3 Å². The van der Waals surface area contributed by atoms with Gasteiger partial charge in [0.05, 0.1) is 5.56 Å². The van der Waals surface area contributed by atoms with Gasteiger partial charge in [-0.2, -0.15) is 11.8 Å². The van der Waals surface area contributed by atoms with Gasteiger partial charge in [-0.3, -0.25) is 4.79 Å². The average molecular weight is 301 g/mol. The zero-order valence-electron chi connectivity index (χ0n) is 12.1. The molecular weight excluding hydrogens is 282 g/mol. The van der Waals surface area contributed by atoms with E-state index in [0.29, 0.717) is 10.8 Å². The fourth-order valence-electron chi connectivity index (χ4n) is 2.68. The Hall–Kier alpha value is -1.75. The molecule has 1 aromatic carbocycles. The lowest BCUT2D eigenvalue weighted by Crippen LogP contribution is -2.30. The lowest BCUT2D eigenvalue weighted by atomic mass is 10.1. The van der Waals surface area contributed by atoms with E-state index in [4.69, 9.17) is 0 Å². The van der Waals surface area contributed by atoms with Crippen LogP contribution in [0.3, 0.4) is 0 Å². The number of fused-ring (bicyclic) bond motifs is 1. The van der Waals surface area contributed by atoms with Crippen LogP contribution in [0.1, 0.15) is 23.2 Å². The summed E-state index contributed by atoms with van der Waals surface area (Å²) >= 11 is 1.95. The van der Waals surface area contributed by atoms with Crippen molar-refractivity contribution in [2.45, 2.75) is 18.1 Å². The largest absolute Gasteiger partial charge is 0.373 e. The summed E-state index contributed by atoms with van der Waals surface area (Å²) in [4.78, 5) is 16.8. The smallest absolute Gasteiger partial charge is 0.253 e. The highest BCUT2D eigenvalue weighted by atomic mass is 32.2. The van der Waals surface area contributed by atoms with Crippen LogP contribution in [-0.4, -0.2) is 35.5 Å². The van der Waals surface area contributed by atoms with Crippen molar-refractivity contribution in [1.29, 1.82) is 0 Å². The van der Waals surface area contributed by atoms with Crippen LogP contribution in [0, 0.1) is 0 Å². The van der Waals surface area contributed by atoms with Crippen LogP contribution in [0.2, 0.25) is 0 Å². The molecule has 1 aliphatic heterocycles. The molecule has 0 spiro atoms. The third-order valence-electron chi connectivity index (χ3n) is 3.79. The number of hydrogen-bond donors (Lipinski definition) is 2. The molecule has 1 atom stereocenters. The van der Waals surface area contributed by atoms with Crippen LogP contribution in [-0.2, 0) is 0 Å². The number of benzene rings is 1. The van der Waals surface area contributed by atoms with Crippen molar-refractivity contribution in [2.75, 3.05) is 24.7 Å². The molecule has 4 nitrogen and oxygen atoms in total. The van der Waals surface area contributed by atoms with Gasteiger partial charge in [-0.05, 0) is 24.0 Å². The van der Waals surface area contributed by atoms with E-state index >= 15 is 0 Å². The number of aromatic nitrogens is 1. The normalized spacial score (nSPS) is 17.9. The molecular formula is C16H19N3OS. The first kappa shape index (κ1) is 14.2. The molecule has 21 heavy (non-hydrogen) atoms. The highest BCUT2D eigenvalue weighted by Gasteiger charge is 2.18. The van der Waals surface area contributed by atoms with E-state index in [2.05, 4.69) is 15.6 Å². The summed E-state index contributed by atoms with van der Waals surface area (Å²) in [5.74, 6) is 1.98. The van der Waals surface area contributed by atoms with Gasteiger partial charge in [-0.15, -0.1) is 0 Å². The molecule has 3 rings (SSSR count). The van der Waals surface area contributed by atoms with Gasteiger partial charge < -0.3 is 10.6 Å². The number of carbonyl (C=O) groups excluding carboxylic acids is 1. The second-order valence-electron chi connectivity index (χ2n) is 5.16. The predicted molar refractivity (Wildman–Crippen MR) is 89.1 cm³/mol. The number of nitrogens with one attached hydrogen (secondary N) is 2. The number of pyridine rings is 1. The van der Waals surface area contributed by atoms with E-state index in [1.54, 1.807) is 6.20 Å². The zero-order valence-corrected chi connectivity index (χ0v) is 12.9. The lowest BCUT2D eigenvalue weighted by molar-refractivity contribution is 0.0955. The van der Waals surface area contributed by atoms with Gasteiger partial charge in [0.1, 0.15) is 5.82 Å². The summed E-state index contributed by atoms with van der Waals surface area (Å²) in [5.41, 5.74) is 0.646. The molecule has 110 valence electrons. The molecule has 1 saturated heterocycles. The minimum Gasteiger partial charge on any atom is -0.373 e. The Labute approximate surface area is 128 Å². The average Bonchev–Trinajstić information content (AvgIpc) is 3.05. The molecule has 1 amide bonds. The molecule has 1 aliphatic rings. The van der Waals surface area contributed by atoms with Crippen LogP contribution in [0.4, 0.5) is 5.82 Å². The number of anilines is 1. The molecule has 1 aromatic heterocycles. The molecule has 1 unspecified atom stereocenters. The Morgan fingerprint density at radius 2 is 2.19 bits per heavy atom. The van der Waals surface area contributed by atoms with E-state index < -0.39 is 0 Å². The topological polar surface area (TPSA) is 54.0 Å². The fourth-order valence-corrected chi connectivity index (χ4v) is 3.88. The maximum absolute atomic E-state index is 12.4. The van der Waals surface area contributed by atoms with E-state index in [1.807, 2.05) is 43.1 Å². The monoisotopic (exact) mass is 301 g/mol. The highest BCUT2D eigenvalue weighted by molar-refractivity contribution is 8.00. The first-order valence-electron chi connectivity index (χ1n) is 7.25. The number of rotatable bonds is 4. The van der Waals surface area contributed by atoms with Crippen LogP contribution in [0.25, 0.3) is 10.8 Å². The van der Waals surface area contributed by atoms with Crippen molar-refractivity contribution in [3.05, 3.63) is 36.0 Å². The standard InChI is InChI=1S/C16H19N3OS/c1-17-15-13-7-3-2-6-12(13)14(10-18-15)16(20)19-9-11-5-4-8-21-11/h2-3,6-7,10-11H,4-5,8-9H2,1H3,(H,17,18)(H,19,20). The van der Waals surface area contributed by atoms with E-state index in [9.17, 15) is 4.79 Å². The number of amides is 1. The Morgan fingerprint density at radius 1 is 1.38 bits per heavy atom. The zero-order chi connectivity index (χ0) is 14.7. The number of carbonyl (C=O) groups is 1. The number of nitrogens with zero attached hydrogens (tertiary/aromatic N) is 1. The maximum Gasteiger partial charge on any atom is 0.253 e. The minimum atomic E-state index is -0.0335. The maximum atomic E-state index is 12.4. The minimum absolute atomic E-state index is 0.0335. The van der Waals surface area contributed by atoms with Gasteiger partial charge in [-0.1, -0.05) is 24.3 Å². The number of hydrogen-bond acceptors (Lipinski definition) is 4. The number of thioether (sulfide) groups is 1. The predicted octanol–water partition coefficient (Wildman–Crippen LogP) is 2.90. The lowest BCUT2D eigenvalue weighted by Gasteiger charge is -2.12. The molecule has 2 N–H and O–H groups in total. The van der Waals surface area contributed by atoms with Crippen molar-refractivity contribution in [1.82, 2.24) is 10.3 Å². The van der Waals surface area contributed by atoms with Gasteiger partial charge >= 0.3 is 0 Å². The SMILES string of the molecule is CNc1ncc(C(=O)NCC2CCCS2)c2ccccc12. The van der Waals surface area contributed by atoms with E-state index in [1.165, 1.54) is 18.6 Å². The summed E-state index contributed by atoms with van der Waals surface area (Å²) in [6.07, 6.45) is 4.11. The molecule has 0 bridgehead atoms. The molecule has 1 fully saturated rings. The van der Waals surface area contributed by atoms with Gasteiger partial charge in [0, 0.05) is 30.4 Å². The first-order valence-corrected chi connectivity index (χ1v) is 8.30. The highest BCUT2D eigenvalue weighted by Crippen LogP contribution is 2.26. The Bertz CT molecular complexity index is 653. The Balaban J connectivity index is 1.84. The van der Waals surface area contributed by atoms with Crippen LogP contribution < -0.4 is 10.6 Å². The van der Waals surface area contributed by atoms with E-state index in [0.717, 1.165) is 23.1 Å². The van der Waals surface area contributed by atoms with Crippen molar-refractivity contribution in [2.24, 2.45) is 0 Å². The van der Waals surface area contributed by atoms with Crippen molar-refractivity contribution in [3.63, 3.8) is 0 Å². The van der Waals surface area contributed by atoms with Crippen molar-refractivity contribution in [3.8, 4) is 0 Å². The molecule has 0 radical (unpaired) electrons. The Kier molecular flexibility index (Phi) is 4.29. The summed E-state index contributed by atoms with van der Waals surface area (Å²) in [7, 11) is 1.84. The third-order valence-corrected chi connectivity index (χ3v) is 5.19. The second-order valence-corrected chi connectivity index (χ2v) is 6.57. The molecule has 2 heterocycles. The quantitative estimate of drug-likeness (QED) is 0.912. The van der Waals surface area contributed by atoms with Gasteiger partial charge in [0.25, 0.3) is 5.91 Å². The van der Waals surface area contributed by atoms with Crippen molar-refractivity contribution < 1.29 is 4.79 Å². The molecule has 2 aromatic rings.